The average Bonchev–Trinajstić information content (AvgIpc) is 2.77. The Kier molecular flexibility index (Phi) is 4.44. The fourth-order valence-electron chi connectivity index (χ4n) is 4.03. The lowest BCUT2D eigenvalue weighted by molar-refractivity contribution is 0.683. The molecule has 1 saturated heterocycles. The Hall–Kier alpha value is -1.62. The van der Waals surface area contributed by atoms with E-state index in [2.05, 4.69) is 11.5 Å². The maximum Gasteiger partial charge on any atom is 0.264 e. The van der Waals surface area contributed by atoms with E-state index in [1.807, 2.05) is 10.6 Å². The quantitative estimate of drug-likeness (QED) is 0.793. The van der Waals surface area contributed by atoms with Gasteiger partial charge in [0.2, 0.25) is 5.95 Å². The largest absolute Gasteiger partial charge is 0.342 e. The van der Waals surface area contributed by atoms with Crippen molar-refractivity contribution in [2.24, 2.45) is 0 Å². The summed E-state index contributed by atoms with van der Waals surface area (Å²) in [5, 5.41) is 0.884. The maximum absolute atomic E-state index is 13.3. The van der Waals surface area contributed by atoms with Crippen LogP contribution in [0.15, 0.2) is 17.4 Å². The number of hydrogen-bond acceptors (Lipinski definition) is 4. The fraction of sp³-hybridized carbons (Fsp3) is 0.579. The molecule has 2 aromatic heterocycles. The van der Waals surface area contributed by atoms with Crippen LogP contribution in [-0.2, 0) is 19.4 Å². The van der Waals surface area contributed by atoms with Crippen LogP contribution in [0.25, 0.3) is 10.2 Å². The minimum atomic E-state index is 0.138. The highest BCUT2D eigenvalue weighted by atomic mass is 32.1. The Morgan fingerprint density at radius 1 is 1.08 bits per heavy atom. The summed E-state index contributed by atoms with van der Waals surface area (Å²) in [6, 6.07) is 0. The van der Waals surface area contributed by atoms with Gasteiger partial charge in [-0.25, -0.2) is 4.98 Å². The molecular formula is C19H25N3OS. The Balaban J connectivity index is 1.90. The zero-order chi connectivity index (χ0) is 16.5. The number of anilines is 1. The molecule has 5 heteroatoms. The van der Waals surface area contributed by atoms with E-state index in [0.717, 1.165) is 42.1 Å². The van der Waals surface area contributed by atoms with E-state index in [9.17, 15) is 4.79 Å². The van der Waals surface area contributed by atoms with Gasteiger partial charge < -0.3 is 4.90 Å². The number of nitrogens with zero attached hydrogens (tertiary/aromatic N) is 3. The van der Waals surface area contributed by atoms with Crippen molar-refractivity contribution in [3.05, 3.63) is 33.4 Å². The Bertz CT molecular complexity index is 812. The molecule has 24 heavy (non-hydrogen) atoms. The van der Waals surface area contributed by atoms with E-state index in [4.69, 9.17) is 4.98 Å². The predicted molar refractivity (Wildman–Crippen MR) is 101 cm³/mol. The van der Waals surface area contributed by atoms with Gasteiger partial charge in [0.15, 0.2) is 0 Å². The summed E-state index contributed by atoms with van der Waals surface area (Å²) in [7, 11) is 0. The van der Waals surface area contributed by atoms with Crippen LogP contribution in [-0.4, -0.2) is 22.6 Å². The molecule has 0 unspecified atom stereocenters. The van der Waals surface area contributed by atoms with Crippen LogP contribution >= 0.6 is 11.3 Å². The van der Waals surface area contributed by atoms with E-state index in [-0.39, 0.29) is 5.56 Å². The molecule has 4 nitrogen and oxygen atoms in total. The van der Waals surface area contributed by atoms with Crippen molar-refractivity contribution < 1.29 is 0 Å². The molecule has 3 heterocycles. The number of rotatable bonds is 3. The normalized spacial score (nSPS) is 18.4. The topological polar surface area (TPSA) is 38.1 Å². The first-order chi connectivity index (χ1) is 11.8. The molecule has 4 rings (SSSR count). The van der Waals surface area contributed by atoms with Gasteiger partial charge in [-0.3, -0.25) is 9.36 Å². The summed E-state index contributed by atoms with van der Waals surface area (Å²) in [5.41, 5.74) is 1.41. The lowest BCUT2D eigenvalue weighted by Crippen LogP contribution is -2.33. The van der Waals surface area contributed by atoms with Gasteiger partial charge in [-0.15, -0.1) is 17.9 Å². The predicted octanol–water partition coefficient (Wildman–Crippen LogP) is 3.90. The lowest BCUT2D eigenvalue weighted by atomic mass is 9.97. The summed E-state index contributed by atoms with van der Waals surface area (Å²) < 4.78 is 1.85. The summed E-state index contributed by atoms with van der Waals surface area (Å²) >= 11 is 1.75. The van der Waals surface area contributed by atoms with Gasteiger partial charge in [-0.1, -0.05) is 18.9 Å². The summed E-state index contributed by atoms with van der Waals surface area (Å²) in [4.78, 5) is 22.9. The Morgan fingerprint density at radius 2 is 1.83 bits per heavy atom. The smallest absolute Gasteiger partial charge is 0.264 e. The van der Waals surface area contributed by atoms with E-state index < -0.39 is 0 Å². The van der Waals surface area contributed by atoms with Crippen LogP contribution in [0.3, 0.4) is 0 Å². The highest BCUT2D eigenvalue weighted by molar-refractivity contribution is 7.18. The molecule has 128 valence electrons. The summed E-state index contributed by atoms with van der Waals surface area (Å²) in [5.74, 6) is 0.855. The van der Waals surface area contributed by atoms with Crippen LogP contribution in [0.4, 0.5) is 5.95 Å². The van der Waals surface area contributed by atoms with Crippen molar-refractivity contribution in [3.8, 4) is 0 Å². The molecule has 1 fully saturated rings. The van der Waals surface area contributed by atoms with Gasteiger partial charge in [0.1, 0.15) is 4.83 Å². The second kappa shape index (κ2) is 6.71. The van der Waals surface area contributed by atoms with E-state index in [0.29, 0.717) is 6.54 Å². The second-order valence-electron chi connectivity index (χ2n) is 6.91. The minimum absolute atomic E-state index is 0.138. The first kappa shape index (κ1) is 15.9. The van der Waals surface area contributed by atoms with E-state index in [1.54, 1.807) is 11.3 Å². The Labute approximate surface area is 146 Å². The number of thiophene rings is 1. The van der Waals surface area contributed by atoms with Crippen molar-refractivity contribution in [2.45, 2.75) is 57.9 Å². The van der Waals surface area contributed by atoms with Crippen LogP contribution in [0.1, 0.15) is 49.0 Å². The molecule has 0 radical (unpaired) electrons. The maximum atomic E-state index is 13.3. The molecule has 0 atom stereocenters. The highest BCUT2D eigenvalue weighted by Gasteiger charge is 2.24. The van der Waals surface area contributed by atoms with E-state index in [1.165, 1.54) is 49.0 Å². The molecule has 0 aromatic carbocycles. The van der Waals surface area contributed by atoms with Crippen LogP contribution in [0.5, 0.6) is 0 Å². The molecule has 1 aliphatic carbocycles. The third-order valence-corrected chi connectivity index (χ3v) is 6.44. The van der Waals surface area contributed by atoms with Gasteiger partial charge in [0.25, 0.3) is 5.56 Å². The monoisotopic (exact) mass is 343 g/mol. The first-order valence-corrected chi connectivity index (χ1v) is 10.0. The second-order valence-corrected chi connectivity index (χ2v) is 7.99. The molecule has 0 amide bonds. The van der Waals surface area contributed by atoms with Gasteiger partial charge >= 0.3 is 0 Å². The highest BCUT2D eigenvalue weighted by Crippen LogP contribution is 2.34. The van der Waals surface area contributed by atoms with Crippen molar-refractivity contribution in [2.75, 3.05) is 18.0 Å². The zero-order valence-corrected chi connectivity index (χ0v) is 15.0. The van der Waals surface area contributed by atoms with Crippen LogP contribution in [0, 0.1) is 0 Å². The number of allylic oxidation sites excluding steroid dienone is 1. The summed E-state index contributed by atoms with van der Waals surface area (Å²) in [6.45, 7) is 6.39. The average molecular weight is 343 g/mol. The Morgan fingerprint density at radius 3 is 2.58 bits per heavy atom. The third kappa shape index (κ3) is 2.69. The third-order valence-electron chi connectivity index (χ3n) is 5.26. The molecule has 0 N–H and O–H groups in total. The minimum Gasteiger partial charge on any atom is -0.342 e. The summed E-state index contributed by atoms with van der Waals surface area (Å²) in [6.07, 6.45) is 11.3. The van der Waals surface area contributed by atoms with E-state index >= 15 is 0 Å². The number of aryl methyl sites for hydroxylation is 2. The molecule has 0 saturated carbocycles. The van der Waals surface area contributed by atoms with Crippen LogP contribution in [0.2, 0.25) is 0 Å². The van der Waals surface area contributed by atoms with Gasteiger partial charge in [0, 0.05) is 24.5 Å². The standard InChI is InChI=1S/C19H25N3OS/c1-2-11-22-18(23)16-14-9-5-6-10-15(14)24-17(16)20-19(22)21-12-7-3-4-8-13-21/h2H,1,3-13H2. The van der Waals surface area contributed by atoms with Crippen molar-refractivity contribution in [1.82, 2.24) is 9.55 Å². The lowest BCUT2D eigenvalue weighted by Gasteiger charge is -2.24. The van der Waals surface area contributed by atoms with Crippen molar-refractivity contribution >= 4 is 27.5 Å². The van der Waals surface area contributed by atoms with Gasteiger partial charge in [-0.2, -0.15) is 0 Å². The van der Waals surface area contributed by atoms with Gasteiger partial charge in [-0.05, 0) is 44.1 Å². The molecule has 1 aliphatic heterocycles. The SMILES string of the molecule is C=CCn1c(N2CCCCCC2)nc2sc3c(c2c1=O)CCCC3. The first-order valence-electron chi connectivity index (χ1n) is 9.20. The van der Waals surface area contributed by atoms with Crippen molar-refractivity contribution in [1.29, 1.82) is 0 Å². The number of hydrogen-bond donors (Lipinski definition) is 0. The van der Waals surface area contributed by atoms with Crippen molar-refractivity contribution in [3.63, 3.8) is 0 Å². The fourth-order valence-corrected chi connectivity index (χ4v) is 5.28. The number of fused-ring (bicyclic) bond motifs is 3. The van der Waals surface area contributed by atoms with Gasteiger partial charge in [0.05, 0.1) is 5.39 Å². The van der Waals surface area contributed by atoms with Crippen LogP contribution < -0.4 is 10.5 Å². The number of aromatic nitrogens is 2. The zero-order valence-electron chi connectivity index (χ0n) is 14.2. The molecule has 2 aromatic rings. The molecule has 0 spiro atoms. The molecule has 0 bridgehead atoms. The molecule has 2 aliphatic rings. The molecular weight excluding hydrogens is 318 g/mol.